The van der Waals surface area contributed by atoms with Crippen LogP contribution in [0, 0.1) is 5.92 Å². The molecular formula is C20H30Cl2N2O2. The standard InChI is InChI=1S/C20H28N2O2.2ClH/c1-2-15(12-14-6-4-3-5-7-14)17-13-18(17)22-16-8-10-20(21,11-9-16)19(23)24;;/h3-7,12,16-18,22H,2,8-11,13,21H2,1H3,(H,23,24);2*1H/t16?,17?,18-,20?;;/m0../s1. The van der Waals surface area contributed by atoms with E-state index < -0.39 is 11.5 Å². The summed E-state index contributed by atoms with van der Waals surface area (Å²) >= 11 is 0. The second kappa shape index (κ2) is 9.75. The van der Waals surface area contributed by atoms with Crippen molar-refractivity contribution in [2.24, 2.45) is 11.7 Å². The Balaban J connectivity index is 0.00000169. The maximum atomic E-state index is 11.2. The highest BCUT2D eigenvalue weighted by atomic mass is 35.5. The minimum absolute atomic E-state index is 0. The van der Waals surface area contributed by atoms with E-state index in [9.17, 15) is 9.90 Å². The van der Waals surface area contributed by atoms with Crippen LogP contribution in [0.1, 0.15) is 51.0 Å². The fourth-order valence-electron chi connectivity index (χ4n) is 3.84. The van der Waals surface area contributed by atoms with Gasteiger partial charge in [-0.2, -0.15) is 0 Å². The molecule has 3 rings (SSSR count). The number of nitrogens with one attached hydrogen (secondary N) is 1. The summed E-state index contributed by atoms with van der Waals surface area (Å²) in [5, 5.41) is 12.9. The van der Waals surface area contributed by atoms with Gasteiger partial charge in [-0.1, -0.05) is 48.9 Å². The summed E-state index contributed by atoms with van der Waals surface area (Å²) in [7, 11) is 0. The van der Waals surface area contributed by atoms with Crippen LogP contribution in [0.15, 0.2) is 35.9 Å². The quantitative estimate of drug-likeness (QED) is 0.673. The van der Waals surface area contributed by atoms with Crippen LogP contribution in [0.3, 0.4) is 0 Å². The Morgan fingerprint density at radius 2 is 1.88 bits per heavy atom. The fourth-order valence-corrected chi connectivity index (χ4v) is 3.84. The summed E-state index contributed by atoms with van der Waals surface area (Å²) in [4.78, 5) is 11.2. The lowest BCUT2D eigenvalue weighted by atomic mass is 9.80. The van der Waals surface area contributed by atoms with Crippen LogP contribution in [0.4, 0.5) is 0 Å². The van der Waals surface area contributed by atoms with Crippen molar-refractivity contribution >= 4 is 36.9 Å². The minimum atomic E-state index is -1.01. The average Bonchev–Trinajstić information content (AvgIpc) is 3.34. The molecule has 0 amide bonds. The van der Waals surface area contributed by atoms with Gasteiger partial charge in [0.05, 0.1) is 0 Å². The predicted octanol–water partition coefficient (Wildman–Crippen LogP) is 4.03. The van der Waals surface area contributed by atoms with E-state index in [2.05, 4.69) is 42.6 Å². The molecule has 0 aromatic heterocycles. The summed E-state index contributed by atoms with van der Waals surface area (Å²) in [5.41, 5.74) is 7.72. The molecule has 2 aliphatic rings. The van der Waals surface area contributed by atoms with Gasteiger partial charge >= 0.3 is 5.97 Å². The molecule has 1 unspecified atom stereocenters. The van der Waals surface area contributed by atoms with Crippen LogP contribution < -0.4 is 11.1 Å². The molecule has 0 bridgehead atoms. The zero-order valence-electron chi connectivity index (χ0n) is 15.2. The average molecular weight is 401 g/mol. The SMILES string of the molecule is CCC(=Cc1ccccc1)C1C[C@@H]1NC1CCC(N)(C(=O)O)CC1.Cl.Cl. The van der Waals surface area contributed by atoms with E-state index in [1.54, 1.807) is 0 Å². The molecule has 4 N–H and O–H groups in total. The fraction of sp³-hybridized carbons (Fsp3) is 0.550. The van der Waals surface area contributed by atoms with Crippen molar-refractivity contribution in [3.05, 3.63) is 41.5 Å². The van der Waals surface area contributed by atoms with E-state index in [0.29, 0.717) is 30.8 Å². The van der Waals surface area contributed by atoms with Crippen molar-refractivity contribution < 1.29 is 9.90 Å². The Bertz CT molecular complexity index is 613. The van der Waals surface area contributed by atoms with Gasteiger partial charge in [-0.25, -0.2) is 0 Å². The number of rotatable bonds is 6. The number of benzene rings is 1. The van der Waals surface area contributed by atoms with E-state index in [-0.39, 0.29) is 24.8 Å². The first-order valence-corrected chi connectivity index (χ1v) is 9.05. The lowest BCUT2D eigenvalue weighted by Gasteiger charge is -2.34. The Morgan fingerprint density at radius 3 is 2.42 bits per heavy atom. The molecule has 2 fully saturated rings. The maximum absolute atomic E-state index is 11.2. The highest BCUT2D eigenvalue weighted by Crippen LogP contribution is 2.41. The molecule has 1 aromatic carbocycles. The second-order valence-electron chi connectivity index (χ2n) is 7.33. The molecule has 4 nitrogen and oxygen atoms in total. The Labute approximate surface area is 168 Å². The molecule has 146 valence electrons. The maximum Gasteiger partial charge on any atom is 0.323 e. The van der Waals surface area contributed by atoms with E-state index in [4.69, 9.17) is 5.73 Å². The molecule has 2 atom stereocenters. The molecule has 6 heteroatoms. The van der Waals surface area contributed by atoms with Crippen LogP contribution in [-0.4, -0.2) is 28.7 Å². The predicted molar refractivity (Wildman–Crippen MR) is 111 cm³/mol. The van der Waals surface area contributed by atoms with Gasteiger partial charge < -0.3 is 16.2 Å². The molecule has 2 saturated carbocycles. The zero-order chi connectivity index (χ0) is 17.2. The summed E-state index contributed by atoms with van der Waals surface area (Å²) in [6.45, 7) is 2.22. The molecule has 26 heavy (non-hydrogen) atoms. The first kappa shape index (κ1) is 23.0. The Hall–Kier alpha value is -1.07. The highest BCUT2D eigenvalue weighted by Gasteiger charge is 2.43. The van der Waals surface area contributed by atoms with Crippen molar-refractivity contribution in [2.75, 3.05) is 0 Å². The molecule has 0 heterocycles. The van der Waals surface area contributed by atoms with Gasteiger partial charge in [-0.3, -0.25) is 4.79 Å². The van der Waals surface area contributed by atoms with Gasteiger partial charge in [0, 0.05) is 12.1 Å². The lowest BCUT2D eigenvalue weighted by Crippen LogP contribution is -2.53. The Morgan fingerprint density at radius 1 is 1.27 bits per heavy atom. The molecule has 2 aliphatic carbocycles. The molecular weight excluding hydrogens is 371 g/mol. The van der Waals surface area contributed by atoms with E-state index in [1.807, 2.05) is 6.07 Å². The first-order valence-electron chi connectivity index (χ1n) is 9.05. The van der Waals surface area contributed by atoms with Crippen molar-refractivity contribution in [3.63, 3.8) is 0 Å². The number of carboxylic acid groups (broad SMARTS) is 1. The Kier molecular flexibility index (Phi) is 8.61. The highest BCUT2D eigenvalue weighted by molar-refractivity contribution is 5.85. The third-order valence-electron chi connectivity index (χ3n) is 5.58. The molecule has 0 spiro atoms. The second-order valence-corrected chi connectivity index (χ2v) is 7.33. The van der Waals surface area contributed by atoms with Gasteiger partial charge in [-0.15, -0.1) is 24.8 Å². The van der Waals surface area contributed by atoms with Crippen molar-refractivity contribution in [1.82, 2.24) is 5.32 Å². The molecule has 0 radical (unpaired) electrons. The van der Waals surface area contributed by atoms with Crippen molar-refractivity contribution in [3.8, 4) is 0 Å². The number of aliphatic carboxylic acids is 1. The number of nitrogens with two attached hydrogens (primary N) is 1. The lowest BCUT2D eigenvalue weighted by molar-refractivity contribution is -0.144. The number of hydrogen-bond acceptors (Lipinski definition) is 3. The topological polar surface area (TPSA) is 75.3 Å². The number of carboxylic acids is 1. The van der Waals surface area contributed by atoms with E-state index >= 15 is 0 Å². The largest absolute Gasteiger partial charge is 0.480 e. The van der Waals surface area contributed by atoms with Gasteiger partial charge in [-0.05, 0) is 50.0 Å². The third kappa shape index (κ3) is 5.46. The van der Waals surface area contributed by atoms with Gasteiger partial charge in [0.2, 0.25) is 0 Å². The normalized spacial score (nSPS) is 30.7. The summed E-state index contributed by atoms with van der Waals surface area (Å²) in [6, 6.07) is 11.4. The summed E-state index contributed by atoms with van der Waals surface area (Å²) in [5.74, 6) is -0.233. The van der Waals surface area contributed by atoms with Gasteiger partial charge in [0.1, 0.15) is 5.54 Å². The van der Waals surface area contributed by atoms with Crippen molar-refractivity contribution in [2.45, 2.75) is 63.1 Å². The number of hydrogen-bond donors (Lipinski definition) is 3. The summed E-state index contributed by atoms with van der Waals surface area (Å²) < 4.78 is 0. The van der Waals surface area contributed by atoms with Crippen LogP contribution in [-0.2, 0) is 4.79 Å². The van der Waals surface area contributed by atoms with Crippen LogP contribution in [0.2, 0.25) is 0 Å². The van der Waals surface area contributed by atoms with E-state index in [0.717, 1.165) is 19.3 Å². The summed E-state index contributed by atoms with van der Waals surface area (Å²) in [6.07, 6.45) is 7.44. The molecule has 1 aromatic rings. The van der Waals surface area contributed by atoms with Crippen LogP contribution >= 0.6 is 24.8 Å². The third-order valence-corrected chi connectivity index (χ3v) is 5.58. The number of carbonyl (C=O) groups is 1. The van der Waals surface area contributed by atoms with Crippen LogP contribution in [0.25, 0.3) is 6.08 Å². The monoisotopic (exact) mass is 400 g/mol. The smallest absolute Gasteiger partial charge is 0.323 e. The van der Waals surface area contributed by atoms with Gasteiger partial charge in [0.15, 0.2) is 0 Å². The minimum Gasteiger partial charge on any atom is -0.480 e. The number of halogens is 2. The zero-order valence-corrected chi connectivity index (χ0v) is 16.8. The van der Waals surface area contributed by atoms with Crippen LogP contribution in [0.5, 0.6) is 0 Å². The molecule has 0 saturated heterocycles. The van der Waals surface area contributed by atoms with Gasteiger partial charge in [0.25, 0.3) is 0 Å². The van der Waals surface area contributed by atoms with E-state index in [1.165, 1.54) is 17.6 Å². The van der Waals surface area contributed by atoms with Crippen molar-refractivity contribution in [1.29, 1.82) is 0 Å². The molecule has 0 aliphatic heterocycles. The first-order chi connectivity index (χ1) is 11.5.